The number of carbonyl (C=O) groups is 1. The van der Waals surface area contributed by atoms with Gasteiger partial charge in [-0.1, -0.05) is 23.2 Å². The third kappa shape index (κ3) is 3.77. The molecule has 1 aromatic carbocycles. The number of epoxide rings is 1. The van der Waals surface area contributed by atoms with Crippen molar-refractivity contribution in [3.8, 4) is 5.75 Å². The molecule has 4 nitrogen and oxygen atoms in total. The first-order valence-electron chi connectivity index (χ1n) is 5.57. The van der Waals surface area contributed by atoms with Gasteiger partial charge in [0.05, 0.1) is 17.7 Å². The molecule has 0 aliphatic carbocycles. The normalized spacial score (nSPS) is 19.2. The smallest absolute Gasteiger partial charge is 0.260 e. The van der Waals surface area contributed by atoms with Gasteiger partial charge < -0.3 is 14.8 Å². The lowest BCUT2D eigenvalue weighted by Gasteiger charge is -2.15. The first-order chi connectivity index (χ1) is 8.56. The van der Waals surface area contributed by atoms with E-state index in [2.05, 4.69) is 5.32 Å². The summed E-state index contributed by atoms with van der Waals surface area (Å²) in [7, 11) is 0. The van der Waals surface area contributed by atoms with Crippen molar-refractivity contribution in [3.05, 3.63) is 28.2 Å². The summed E-state index contributed by atoms with van der Waals surface area (Å²) in [5, 5.41) is 3.64. The third-order valence-corrected chi connectivity index (χ3v) is 3.00. The minimum atomic E-state index is -0.623. The first kappa shape index (κ1) is 13.5. The lowest BCUT2D eigenvalue weighted by Crippen LogP contribution is -2.38. The second-order valence-electron chi connectivity index (χ2n) is 4.04. The highest BCUT2D eigenvalue weighted by molar-refractivity contribution is 6.35. The van der Waals surface area contributed by atoms with Gasteiger partial charge in [-0.2, -0.15) is 0 Å². The first-order valence-corrected chi connectivity index (χ1v) is 6.33. The van der Waals surface area contributed by atoms with Crippen molar-refractivity contribution in [3.63, 3.8) is 0 Å². The summed E-state index contributed by atoms with van der Waals surface area (Å²) >= 11 is 11.7. The fourth-order valence-electron chi connectivity index (χ4n) is 1.36. The molecule has 2 atom stereocenters. The number of hydrogen-bond donors (Lipinski definition) is 1. The zero-order chi connectivity index (χ0) is 13.1. The Morgan fingerprint density at radius 3 is 2.94 bits per heavy atom. The zero-order valence-electron chi connectivity index (χ0n) is 9.78. The SMILES string of the molecule is C[C@H](Oc1ccc(Cl)cc1Cl)C(=O)NC[C@H]1CO1. The van der Waals surface area contributed by atoms with Gasteiger partial charge >= 0.3 is 0 Å². The number of halogens is 2. The predicted octanol–water partition coefficient (Wildman–Crippen LogP) is 2.28. The molecule has 1 aliphatic heterocycles. The largest absolute Gasteiger partial charge is 0.479 e. The molecule has 6 heteroatoms. The highest BCUT2D eigenvalue weighted by atomic mass is 35.5. The van der Waals surface area contributed by atoms with Gasteiger partial charge in [-0.15, -0.1) is 0 Å². The molecule has 0 unspecified atom stereocenters. The van der Waals surface area contributed by atoms with Crippen LogP contribution < -0.4 is 10.1 Å². The van der Waals surface area contributed by atoms with Crippen LogP contribution in [0.25, 0.3) is 0 Å². The predicted molar refractivity (Wildman–Crippen MR) is 69.3 cm³/mol. The van der Waals surface area contributed by atoms with Crippen LogP contribution in [0.2, 0.25) is 10.0 Å². The molecule has 1 saturated heterocycles. The molecule has 0 spiro atoms. The molecule has 1 fully saturated rings. The Kier molecular flexibility index (Phi) is 4.32. The van der Waals surface area contributed by atoms with Gasteiger partial charge in [-0.3, -0.25) is 4.79 Å². The van der Waals surface area contributed by atoms with Gasteiger partial charge in [0.2, 0.25) is 0 Å². The molecule has 1 aliphatic rings. The summed E-state index contributed by atoms with van der Waals surface area (Å²) in [6.45, 7) is 2.88. The fourth-order valence-corrected chi connectivity index (χ4v) is 1.81. The molecule has 1 aromatic rings. The monoisotopic (exact) mass is 289 g/mol. The van der Waals surface area contributed by atoms with Crippen LogP contribution in [0.5, 0.6) is 5.75 Å². The second-order valence-corrected chi connectivity index (χ2v) is 4.88. The summed E-state index contributed by atoms with van der Waals surface area (Å²) < 4.78 is 10.5. The molecule has 1 N–H and O–H groups in total. The molecule has 1 heterocycles. The van der Waals surface area contributed by atoms with Crippen LogP contribution in [0.15, 0.2) is 18.2 Å². The van der Waals surface area contributed by atoms with Gasteiger partial charge in [0, 0.05) is 11.6 Å². The standard InChI is InChI=1S/C12H13Cl2NO3/c1-7(12(16)15-5-9-6-17-9)18-11-3-2-8(13)4-10(11)14/h2-4,7,9H,5-6H2,1H3,(H,15,16)/t7-,9-/m0/s1. The lowest BCUT2D eigenvalue weighted by atomic mass is 10.3. The van der Waals surface area contributed by atoms with E-state index in [9.17, 15) is 4.79 Å². The van der Waals surface area contributed by atoms with Crippen molar-refractivity contribution in [1.82, 2.24) is 5.32 Å². The van der Waals surface area contributed by atoms with Crippen LogP contribution in [0.4, 0.5) is 0 Å². The van der Waals surface area contributed by atoms with Crippen molar-refractivity contribution >= 4 is 29.1 Å². The van der Waals surface area contributed by atoms with E-state index in [0.29, 0.717) is 28.9 Å². The quantitative estimate of drug-likeness (QED) is 0.846. The number of hydrogen-bond acceptors (Lipinski definition) is 3. The Bertz CT molecular complexity index is 449. The second kappa shape index (κ2) is 5.78. The summed E-state index contributed by atoms with van der Waals surface area (Å²) in [6, 6.07) is 4.87. The van der Waals surface area contributed by atoms with Gasteiger partial charge in [0.1, 0.15) is 5.75 Å². The van der Waals surface area contributed by atoms with E-state index in [1.54, 1.807) is 25.1 Å². The Balaban J connectivity index is 1.88. The highest BCUT2D eigenvalue weighted by Gasteiger charge is 2.24. The van der Waals surface area contributed by atoms with Gasteiger partial charge in [-0.05, 0) is 25.1 Å². The Labute approximate surface area is 115 Å². The van der Waals surface area contributed by atoms with Crippen LogP contribution >= 0.6 is 23.2 Å². The maximum absolute atomic E-state index is 11.7. The molecule has 1 amide bonds. The van der Waals surface area contributed by atoms with E-state index >= 15 is 0 Å². The Morgan fingerprint density at radius 1 is 1.61 bits per heavy atom. The average molecular weight is 290 g/mol. The molecule has 0 bridgehead atoms. The topological polar surface area (TPSA) is 50.9 Å². The molecular weight excluding hydrogens is 277 g/mol. The summed E-state index contributed by atoms with van der Waals surface area (Å²) in [5.74, 6) is 0.239. The van der Waals surface area contributed by atoms with Crippen LogP contribution in [-0.4, -0.2) is 31.3 Å². The summed E-state index contributed by atoms with van der Waals surface area (Å²) in [4.78, 5) is 11.7. The van der Waals surface area contributed by atoms with Crippen LogP contribution in [0, 0.1) is 0 Å². The van der Waals surface area contributed by atoms with E-state index < -0.39 is 6.10 Å². The zero-order valence-corrected chi connectivity index (χ0v) is 11.3. The van der Waals surface area contributed by atoms with E-state index in [-0.39, 0.29) is 12.0 Å². The van der Waals surface area contributed by atoms with Gasteiger partial charge in [-0.25, -0.2) is 0 Å². The van der Waals surface area contributed by atoms with Gasteiger partial charge in [0.15, 0.2) is 6.10 Å². The van der Waals surface area contributed by atoms with Crippen LogP contribution in [-0.2, 0) is 9.53 Å². The maximum Gasteiger partial charge on any atom is 0.260 e. The Hall–Kier alpha value is -0.970. The van der Waals surface area contributed by atoms with Crippen molar-refractivity contribution in [2.24, 2.45) is 0 Å². The molecule has 98 valence electrons. The van der Waals surface area contributed by atoms with E-state index in [0.717, 1.165) is 0 Å². The van der Waals surface area contributed by atoms with Crippen LogP contribution in [0.1, 0.15) is 6.92 Å². The molecule has 0 radical (unpaired) electrons. The number of amides is 1. The highest BCUT2D eigenvalue weighted by Crippen LogP contribution is 2.28. The lowest BCUT2D eigenvalue weighted by molar-refractivity contribution is -0.127. The van der Waals surface area contributed by atoms with E-state index in [1.807, 2.05) is 0 Å². The average Bonchev–Trinajstić information content (AvgIpc) is 3.13. The summed E-state index contributed by atoms with van der Waals surface area (Å²) in [5.41, 5.74) is 0. The number of benzene rings is 1. The molecule has 18 heavy (non-hydrogen) atoms. The fraction of sp³-hybridized carbons (Fsp3) is 0.417. The number of nitrogens with one attached hydrogen (secondary N) is 1. The number of ether oxygens (including phenoxy) is 2. The van der Waals surface area contributed by atoms with Gasteiger partial charge in [0.25, 0.3) is 5.91 Å². The maximum atomic E-state index is 11.7. The number of carbonyl (C=O) groups excluding carboxylic acids is 1. The molecular formula is C12H13Cl2NO3. The van der Waals surface area contributed by atoms with Crippen LogP contribution in [0.3, 0.4) is 0 Å². The minimum Gasteiger partial charge on any atom is -0.479 e. The Morgan fingerprint density at radius 2 is 2.33 bits per heavy atom. The van der Waals surface area contributed by atoms with Crippen molar-refractivity contribution < 1.29 is 14.3 Å². The third-order valence-electron chi connectivity index (χ3n) is 2.47. The van der Waals surface area contributed by atoms with E-state index in [1.165, 1.54) is 0 Å². The molecule has 0 saturated carbocycles. The molecule has 0 aromatic heterocycles. The molecule has 2 rings (SSSR count). The van der Waals surface area contributed by atoms with Crippen molar-refractivity contribution in [1.29, 1.82) is 0 Å². The van der Waals surface area contributed by atoms with Crippen molar-refractivity contribution in [2.45, 2.75) is 19.1 Å². The minimum absolute atomic E-state index is 0.153. The van der Waals surface area contributed by atoms with E-state index in [4.69, 9.17) is 32.7 Å². The van der Waals surface area contributed by atoms with Crippen molar-refractivity contribution in [2.75, 3.05) is 13.2 Å². The summed E-state index contributed by atoms with van der Waals surface area (Å²) in [6.07, 6.45) is -0.470. The number of rotatable bonds is 5.